The summed E-state index contributed by atoms with van der Waals surface area (Å²) in [5.41, 5.74) is -3.90. The summed E-state index contributed by atoms with van der Waals surface area (Å²) in [7, 11) is -17.4. The number of aromatic nitrogens is 2. The van der Waals surface area contributed by atoms with E-state index < -0.39 is 70.0 Å². The van der Waals surface area contributed by atoms with Gasteiger partial charge in [-0.2, -0.15) is 8.62 Å². The van der Waals surface area contributed by atoms with Gasteiger partial charge in [0.15, 0.2) is 12.0 Å². The maximum absolute atomic E-state index is 15.1. The molecule has 1 aromatic heterocycles. The van der Waals surface area contributed by atoms with Crippen LogP contribution >= 0.6 is 35.7 Å². The standard InChI is InChI=1S/C10H15F2N2O14P3S/c1-9(17)6(15)10(12,26-7(9)14-2-4(11)5(32)13-8(14)16)3-25-30(21,22)28-31(23,24)27-29(18,19)20/h2,6-7,15,17H,3H2,1H3,(H,21,22)(H,23,24)(H,13,16,32)(H2,18,19,20)/t6?,7-,9-,10-/m1/s1. The Kier molecular flexibility index (Phi) is 7.56. The molecule has 0 bridgehead atoms. The van der Waals surface area contributed by atoms with E-state index in [1.165, 1.54) is 0 Å². The second-order valence-corrected chi connectivity index (χ2v) is 11.2. The fourth-order valence-electron chi connectivity index (χ4n) is 2.50. The SMILES string of the molecule is C[C@@]1(O)C(O)[C@@](F)(COP(=O)(O)OP(=O)(O)OP(=O)(O)O)O[C@H]1n1cc(F)c(=S)[nH]c1=O. The van der Waals surface area contributed by atoms with E-state index >= 15 is 4.39 Å². The van der Waals surface area contributed by atoms with E-state index in [-0.39, 0.29) is 4.57 Å². The van der Waals surface area contributed by atoms with E-state index in [0.29, 0.717) is 6.20 Å². The number of aromatic amines is 1. The first kappa shape index (κ1) is 27.5. The fourth-order valence-corrected chi connectivity index (χ4v) is 5.67. The van der Waals surface area contributed by atoms with Crippen molar-refractivity contribution < 1.29 is 70.1 Å². The molecule has 1 fully saturated rings. The number of alkyl halides is 1. The van der Waals surface area contributed by atoms with Gasteiger partial charge in [-0.05, 0) is 6.92 Å². The summed E-state index contributed by atoms with van der Waals surface area (Å²) in [5, 5.41) is 20.5. The number of hydrogen-bond donors (Lipinski definition) is 7. The quantitative estimate of drug-likeness (QED) is 0.162. The van der Waals surface area contributed by atoms with Gasteiger partial charge in [0.25, 0.3) is 5.85 Å². The van der Waals surface area contributed by atoms with Crippen LogP contribution in [0.2, 0.25) is 0 Å². The lowest BCUT2D eigenvalue weighted by Crippen LogP contribution is -2.49. The van der Waals surface area contributed by atoms with Gasteiger partial charge in [-0.3, -0.25) is 14.1 Å². The van der Waals surface area contributed by atoms with Crippen molar-refractivity contribution in [2.45, 2.75) is 30.7 Å². The highest BCUT2D eigenvalue weighted by Crippen LogP contribution is 2.66. The number of phosphoric acid groups is 3. The minimum atomic E-state index is -5.91. The van der Waals surface area contributed by atoms with Gasteiger partial charge >= 0.3 is 29.2 Å². The van der Waals surface area contributed by atoms with Gasteiger partial charge in [-0.1, -0.05) is 12.2 Å². The molecule has 0 amide bonds. The molecule has 0 spiro atoms. The van der Waals surface area contributed by atoms with Crippen molar-refractivity contribution in [1.82, 2.24) is 9.55 Å². The lowest BCUT2D eigenvalue weighted by Gasteiger charge is -2.27. The first-order valence-corrected chi connectivity index (χ1v) is 12.7. The molecule has 184 valence electrons. The predicted octanol–water partition coefficient (Wildman–Crippen LogP) is -0.305. The van der Waals surface area contributed by atoms with E-state index in [2.05, 4.69) is 25.4 Å². The van der Waals surface area contributed by atoms with E-state index in [9.17, 15) is 38.0 Å². The maximum atomic E-state index is 15.1. The van der Waals surface area contributed by atoms with Crippen LogP contribution in [-0.2, 0) is 31.6 Å². The minimum absolute atomic E-state index is 0.278. The third-order valence-electron chi connectivity index (χ3n) is 3.79. The average Bonchev–Trinajstić information content (AvgIpc) is 2.74. The van der Waals surface area contributed by atoms with Crippen LogP contribution in [0.15, 0.2) is 11.0 Å². The Balaban J connectivity index is 2.26. The van der Waals surface area contributed by atoms with Gasteiger partial charge in [-0.25, -0.2) is 27.3 Å². The summed E-state index contributed by atoms with van der Waals surface area (Å²) in [5.74, 6) is -4.81. The molecule has 0 aromatic carbocycles. The van der Waals surface area contributed by atoms with E-state index in [1.54, 1.807) is 0 Å². The maximum Gasteiger partial charge on any atom is 0.490 e. The van der Waals surface area contributed by atoms with Crippen LogP contribution in [0.5, 0.6) is 0 Å². The average molecular weight is 550 g/mol. The molecule has 22 heteroatoms. The van der Waals surface area contributed by atoms with Crippen molar-refractivity contribution in [3.8, 4) is 0 Å². The Bertz CT molecular complexity index is 1150. The van der Waals surface area contributed by atoms with E-state index in [4.69, 9.17) is 19.4 Å². The van der Waals surface area contributed by atoms with E-state index in [1.807, 2.05) is 4.98 Å². The molecular weight excluding hydrogens is 535 g/mol. The first-order valence-electron chi connectivity index (χ1n) is 7.76. The third-order valence-corrected chi connectivity index (χ3v) is 7.87. The summed E-state index contributed by atoms with van der Waals surface area (Å²) >= 11 is 4.49. The molecule has 16 nitrogen and oxygen atoms in total. The molecule has 2 heterocycles. The minimum Gasteiger partial charge on any atom is -0.384 e. The summed E-state index contributed by atoms with van der Waals surface area (Å²) < 4.78 is 77.7. The Labute approximate surface area is 180 Å². The zero-order chi connectivity index (χ0) is 24.9. The first-order chi connectivity index (χ1) is 14.2. The molecule has 1 aliphatic rings. The summed E-state index contributed by atoms with van der Waals surface area (Å²) in [4.78, 5) is 49.2. The smallest absolute Gasteiger partial charge is 0.384 e. The molecule has 6 atom stereocenters. The zero-order valence-corrected chi connectivity index (χ0v) is 18.8. The Hall–Kier alpha value is -0.750. The Morgan fingerprint density at radius 2 is 1.81 bits per heavy atom. The van der Waals surface area contributed by atoms with Gasteiger partial charge in [0.1, 0.15) is 23.0 Å². The third kappa shape index (κ3) is 6.22. The van der Waals surface area contributed by atoms with Crippen LogP contribution in [0.4, 0.5) is 8.78 Å². The van der Waals surface area contributed by atoms with Crippen molar-refractivity contribution in [3.05, 3.63) is 27.1 Å². The second-order valence-electron chi connectivity index (χ2n) is 6.39. The molecule has 3 unspecified atom stereocenters. The van der Waals surface area contributed by atoms with Gasteiger partial charge in [0.2, 0.25) is 0 Å². The highest BCUT2D eigenvalue weighted by Gasteiger charge is 2.64. The van der Waals surface area contributed by atoms with Gasteiger partial charge in [0, 0.05) is 0 Å². The molecule has 0 radical (unpaired) electrons. The number of halogens is 2. The molecule has 7 N–H and O–H groups in total. The van der Waals surface area contributed by atoms with Crippen molar-refractivity contribution in [3.63, 3.8) is 0 Å². The van der Waals surface area contributed by atoms with Crippen molar-refractivity contribution in [2.75, 3.05) is 6.61 Å². The molecule has 2 rings (SSSR count). The largest absolute Gasteiger partial charge is 0.490 e. The van der Waals surface area contributed by atoms with Crippen LogP contribution in [0.1, 0.15) is 13.2 Å². The van der Waals surface area contributed by atoms with Crippen molar-refractivity contribution in [2.24, 2.45) is 0 Å². The molecule has 0 saturated carbocycles. The van der Waals surface area contributed by atoms with Gasteiger partial charge in [-0.15, -0.1) is 0 Å². The molecular formula is C10H15F2N2O14P3S. The number of H-pyrrole nitrogens is 1. The molecule has 32 heavy (non-hydrogen) atoms. The van der Waals surface area contributed by atoms with Gasteiger partial charge in [0.05, 0.1) is 6.20 Å². The zero-order valence-electron chi connectivity index (χ0n) is 15.3. The normalized spacial score (nSPS) is 32.4. The summed E-state index contributed by atoms with van der Waals surface area (Å²) in [6.07, 6.45) is -4.37. The molecule has 0 aliphatic carbocycles. The lowest BCUT2D eigenvalue weighted by molar-refractivity contribution is -0.205. The van der Waals surface area contributed by atoms with Crippen LogP contribution < -0.4 is 5.69 Å². The van der Waals surface area contributed by atoms with Crippen molar-refractivity contribution in [1.29, 1.82) is 0 Å². The number of phosphoric ester groups is 1. The number of hydrogen-bond acceptors (Lipinski definition) is 11. The highest BCUT2D eigenvalue weighted by molar-refractivity contribution is 7.71. The number of aliphatic hydroxyl groups excluding tert-OH is 1. The Morgan fingerprint density at radius 1 is 1.25 bits per heavy atom. The predicted molar refractivity (Wildman–Crippen MR) is 96.3 cm³/mol. The second kappa shape index (κ2) is 8.79. The fraction of sp³-hybridized carbons (Fsp3) is 0.600. The number of rotatable bonds is 8. The van der Waals surface area contributed by atoms with E-state index in [0.717, 1.165) is 6.92 Å². The van der Waals surface area contributed by atoms with Gasteiger partial charge < -0.3 is 34.5 Å². The number of nitrogens with zero attached hydrogens (tertiary/aromatic N) is 1. The summed E-state index contributed by atoms with van der Waals surface area (Å²) in [6, 6.07) is 0. The van der Waals surface area contributed by atoms with Crippen LogP contribution in [0.25, 0.3) is 0 Å². The highest BCUT2D eigenvalue weighted by atomic mass is 32.1. The monoisotopic (exact) mass is 550 g/mol. The number of ether oxygens (including phenoxy) is 1. The molecule has 1 saturated heterocycles. The number of aliphatic hydroxyl groups is 2. The molecule has 1 aliphatic heterocycles. The summed E-state index contributed by atoms with van der Waals surface area (Å²) in [6.45, 7) is -1.06. The van der Waals surface area contributed by atoms with Crippen LogP contribution in [0, 0.1) is 10.5 Å². The molecule has 1 aromatic rings. The van der Waals surface area contributed by atoms with Crippen molar-refractivity contribution >= 4 is 35.7 Å². The lowest BCUT2D eigenvalue weighted by atomic mass is 9.95. The topological polar surface area (TPSA) is 247 Å². The van der Waals surface area contributed by atoms with Crippen LogP contribution in [0.3, 0.4) is 0 Å². The van der Waals surface area contributed by atoms with Crippen LogP contribution in [-0.4, -0.2) is 63.5 Å². The number of nitrogens with one attached hydrogen (secondary N) is 1. The Morgan fingerprint density at radius 3 is 2.34 bits per heavy atom.